The van der Waals surface area contributed by atoms with Crippen molar-refractivity contribution in [3.05, 3.63) is 83.2 Å². The lowest BCUT2D eigenvalue weighted by atomic mass is 9.92. The highest BCUT2D eigenvalue weighted by molar-refractivity contribution is 7.79. The van der Waals surface area contributed by atoms with Crippen LogP contribution in [0.4, 0.5) is 5.69 Å². The molecule has 1 aliphatic rings. The minimum Gasteiger partial charge on any atom is -0.384 e. The Hall–Kier alpha value is -2.90. The highest BCUT2D eigenvalue weighted by Gasteiger charge is 2.28. The third kappa shape index (κ3) is 2.82. The number of rotatable bonds is 3. The molecule has 0 aliphatic carbocycles. The van der Waals surface area contributed by atoms with Crippen LogP contribution in [-0.2, 0) is 0 Å². The lowest BCUT2D eigenvalue weighted by Gasteiger charge is -2.34. The third-order valence-electron chi connectivity index (χ3n) is 4.07. The van der Waals surface area contributed by atoms with Crippen LogP contribution in [0.15, 0.2) is 72.1 Å². The number of nitrogens with two attached hydrogens (primary N) is 1. The fraction of sp³-hybridized carbons (Fsp3) is 0.100. The van der Waals surface area contributed by atoms with Crippen molar-refractivity contribution < 1.29 is 0 Å². The quantitative estimate of drug-likeness (QED) is 0.865. The number of nitrogens with zero attached hydrogens (tertiary/aromatic N) is 2. The molecule has 3 rings (SSSR count). The second-order valence-electron chi connectivity index (χ2n) is 5.65. The fourth-order valence-electron chi connectivity index (χ4n) is 2.84. The summed E-state index contributed by atoms with van der Waals surface area (Å²) in [6.07, 6.45) is 2.00. The molecule has 0 saturated carbocycles. The molecule has 2 aromatic carbocycles. The summed E-state index contributed by atoms with van der Waals surface area (Å²) >= 11 is 5.23. The molecule has 0 fully saturated rings. The highest BCUT2D eigenvalue weighted by Crippen LogP contribution is 2.34. The second kappa shape index (κ2) is 6.69. The topological polar surface area (TPSA) is 53.0 Å². The van der Waals surface area contributed by atoms with Gasteiger partial charge in [-0.1, -0.05) is 60.2 Å². The molecule has 2 N–H and O–H groups in total. The molecule has 3 nitrogen and oxygen atoms in total. The van der Waals surface area contributed by atoms with Gasteiger partial charge in [0.2, 0.25) is 0 Å². The summed E-state index contributed by atoms with van der Waals surface area (Å²) in [5.74, 6) is 0.424. The average molecular weight is 331 g/mol. The van der Waals surface area contributed by atoms with Gasteiger partial charge in [-0.15, -0.1) is 0 Å². The first-order valence-corrected chi connectivity index (χ1v) is 8.11. The summed E-state index contributed by atoms with van der Waals surface area (Å²) in [4.78, 5) is 1.89. The zero-order valence-electron chi connectivity index (χ0n) is 13.3. The van der Waals surface area contributed by atoms with E-state index in [4.69, 9.17) is 18.0 Å². The summed E-state index contributed by atoms with van der Waals surface area (Å²) in [5.41, 5.74) is 10.7. The van der Waals surface area contributed by atoms with Crippen molar-refractivity contribution in [2.24, 2.45) is 5.73 Å². The summed E-state index contributed by atoms with van der Waals surface area (Å²) in [5, 5.41) is 11.3. The molecule has 0 bridgehead atoms. The Morgan fingerprint density at radius 3 is 2.38 bits per heavy atom. The maximum atomic E-state index is 9.68. The highest BCUT2D eigenvalue weighted by atomic mass is 32.1. The minimum atomic E-state index is -0.184. The number of allylic oxidation sites excluding steroid dienone is 2. The summed E-state index contributed by atoms with van der Waals surface area (Å²) < 4.78 is 0. The molecule has 1 unspecified atom stereocenters. The van der Waals surface area contributed by atoms with Crippen molar-refractivity contribution in [2.45, 2.75) is 13.0 Å². The summed E-state index contributed by atoms with van der Waals surface area (Å²) in [6.45, 7) is 2.03. The zero-order valence-corrected chi connectivity index (χ0v) is 14.1. The number of anilines is 1. The Morgan fingerprint density at radius 2 is 1.79 bits per heavy atom. The van der Waals surface area contributed by atoms with Crippen molar-refractivity contribution in [1.29, 1.82) is 5.26 Å². The number of hydrogen-bond donors (Lipinski definition) is 1. The van der Waals surface area contributed by atoms with E-state index >= 15 is 0 Å². The van der Waals surface area contributed by atoms with Crippen molar-refractivity contribution in [1.82, 2.24) is 0 Å². The standard InChI is InChI=1S/C20H17N3S/c1-14-7-9-15(10-8-14)18-11-17(13-24)23(20(22)19(18)12-21)16-5-3-2-4-6-16/h2-11,13,17H,22H2,1H3. The van der Waals surface area contributed by atoms with Gasteiger partial charge in [-0.05, 0) is 30.7 Å². The number of aryl methyl sites for hydroxylation is 1. The third-order valence-corrected chi connectivity index (χ3v) is 4.35. The number of thiocarbonyl (C=S) groups is 1. The van der Waals surface area contributed by atoms with Gasteiger partial charge in [0, 0.05) is 16.6 Å². The summed E-state index contributed by atoms with van der Waals surface area (Å²) in [7, 11) is 0. The van der Waals surface area contributed by atoms with Crippen molar-refractivity contribution in [2.75, 3.05) is 4.90 Å². The predicted octanol–water partition coefficient (Wildman–Crippen LogP) is 3.96. The SMILES string of the molecule is Cc1ccc(C2=CC(C=S)N(c3ccccc3)C(N)=C2C#N)cc1. The van der Waals surface area contributed by atoms with Gasteiger partial charge >= 0.3 is 0 Å². The fourth-order valence-corrected chi connectivity index (χ4v) is 3.04. The van der Waals surface area contributed by atoms with Gasteiger partial charge in [-0.3, -0.25) is 0 Å². The molecule has 4 heteroatoms. The molecule has 1 heterocycles. The molecule has 0 saturated heterocycles. The summed E-state index contributed by atoms with van der Waals surface area (Å²) in [6, 6.07) is 19.9. The van der Waals surface area contributed by atoms with Crippen LogP contribution in [0.2, 0.25) is 0 Å². The molecule has 0 radical (unpaired) electrons. The van der Waals surface area contributed by atoms with E-state index in [0.29, 0.717) is 11.4 Å². The number of hydrogen-bond acceptors (Lipinski definition) is 4. The first kappa shape index (κ1) is 16.0. The molecule has 0 amide bonds. The lowest BCUT2D eigenvalue weighted by Crippen LogP contribution is -2.41. The first-order valence-electron chi connectivity index (χ1n) is 7.64. The van der Waals surface area contributed by atoms with Crippen molar-refractivity contribution in [3.8, 4) is 6.07 Å². The van der Waals surface area contributed by atoms with Crippen LogP contribution in [-0.4, -0.2) is 11.4 Å². The van der Waals surface area contributed by atoms with E-state index < -0.39 is 0 Å². The van der Waals surface area contributed by atoms with Gasteiger partial charge < -0.3 is 10.6 Å². The Labute approximate surface area is 147 Å². The average Bonchev–Trinajstić information content (AvgIpc) is 2.62. The number of para-hydroxylation sites is 1. The Morgan fingerprint density at radius 1 is 1.12 bits per heavy atom. The number of nitriles is 1. The van der Waals surface area contributed by atoms with Crippen LogP contribution in [0.25, 0.3) is 5.57 Å². The molecular formula is C20H17N3S. The smallest absolute Gasteiger partial charge is 0.123 e. The normalized spacial score (nSPS) is 17.2. The van der Waals surface area contributed by atoms with Gasteiger partial charge in [0.05, 0.1) is 11.6 Å². The predicted molar refractivity (Wildman–Crippen MR) is 102 cm³/mol. The maximum absolute atomic E-state index is 9.68. The Balaban J connectivity index is 2.14. The Bertz CT molecular complexity index is 858. The molecule has 2 aromatic rings. The molecule has 1 aliphatic heterocycles. The second-order valence-corrected chi connectivity index (χ2v) is 5.92. The van der Waals surface area contributed by atoms with Crippen LogP contribution < -0.4 is 10.6 Å². The van der Waals surface area contributed by atoms with E-state index in [0.717, 1.165) is 16.8 Å². The monoisotopic (exact) mass is 331 g/mol. The lowest BCUT2D eigenvalue weighted by molar-refractivity contribution is 0.903. The number of benzene rings is 2. The van der Waals surface area contributed by atoms with Crippen molar-refractivity contribution in [3.63, 3.8) is 0 Å². The minimum absolute atomic E-state index is 0.184. The zero-order chi connectivity index (χ0) is 17.1. The van der Waals surface area contributed by atoms with E-state index in [1.807, 2.05) is 72.5 Å². The van der Waals surface area contributed by atoms with Gasteiger partial charge in [0.15, 0.2) is 0 Å². The van der Waals surface area contributed by atoms with Crippen LogP contribution in [0.3, 0.4) is 0 Å². The van der Waals surface area contributed by atoms with E-state index in [-0.39, 0.29) is 6.04 Å². The van der Waals surface area contributed by atoms with E-state index in [1.165, 1.54) is 5.56 Å². The molecule has 118 valence electrons. The molecule has 0 aromatic heterocycles. The van der Waals surface area contributed by atoms with Gasteiger partial charge in [0.1, 0.15) is 11.9 Å². The maximum Gasteiger partial charge on any atom is 0.123 e. The molecular weight excluding hydrogens is 314 g/mol. The van der Waals surface area contributed by atoms with Gasteiger partial charge in [-0.25, -0.2) is 0 Å². The van der Waals surface area contributed by atoms with Crippen molar-refractivity contribution >= 4 is 28.8 Å². The first-order chi connectivity index (χ1) is 11.7. The Kier molecular flexibility index (Phi) is 4.45. The van der Waals surface area contributed by atoms with Crippen LogP contribution in [0.1, 0.15) is 11.1 Å². The van der Waals surface area contributed by atoms with Crippen LogP contribution in [0, 0.1) is 18.3 Å². The van der Waals surface area contributed by atoms with E-state index in [2.05, 4.69) is 6.07 Å². The van der Waals surface area contributed by atoms with Gasteiger partial charge in [0.25, 0.3) is 0 Å². The molecule has 0 spiro atoms. The molecule has 24 heavy (non-hydrogen) atoms. The van der Waals surface area contributed by atoms with E-state index in [9.17, 15) is 5.26 Å². The van der Waals surface area contributed by atoms with Gasteiger partial charge in [-0.2, -0.15) is 5.26 Å². The molecule has 1 atom stereocenters. The largest absolute Gasteiger partial charge is 0.384 e. The van der Waals surface area contributed by atoms with Crippen LogP contribution in [0.5, 0.6) is 0 Å². The van der Waals surface area contributed by atoms with Crippen LogP contribution >= 0.6 is 12.2 Å². The van der Waals surface area contributed by atoms with E-state index in [1.54, 1.807) is 5.37 Å².